The molecule has 13 nitrogen and oxygen atoms in total. The molecule has 0 spiro atoms. The lowest BCUT2D eigenvalue weighted by Crippen LogP contribution is -2.54. The minimum absolute atomic E-state index is 0.00337. The van der Waals surface area contributed by atoms with Crippen molar-refractivity contribution in [3.8, 4) is 17.7 Å². The molecule has 2 aromatic carbocycles. The van der Waals surface area contributed by atoms with Crippen molar-refractivity contribution >= 4 is 27.7 Å². The molecular formula is C35H40N6O7S. The lowest BCUT2D eigenvalue weighted by atomic mass is 9.87. The number of pyridine rings is 1. The van der Waals surface area contributed by atoms with Crippen molar-refractivity contribution in [1.82, 2.24) is 19.7 Å². The number of likely N-dealkylation sites (tertiary alicyclic amines) is 1. The molecule has 49 heavy (non-hydrogen) atoms. The van der Waals surface area contributed by atoms with Crippen molar-refractivity contribution in [1.29, 1.82) is 5.26 Å². The lowest BCUT2D eigenvalue weighted by Gasteiger charge is -2.42. The molecule has 0 N–H and O–H groups in total. The molecule has 1 atom stereocenters. The first-order chi connectivity index (χ1) is 23.6. The molecule has 1 unspecified atom stereocenters. The number of piperazine rings is 1. The number of sulfonamides is 1. The van der Waals surface area contributed by atoms with E-state index in [1.807, 2.05) is 0 Å². The van der Waals surface area contributed by atoms with Crippen molar-refractivity contribution in [2.45, 2.75) is 43.2 Å². The van der Waals surface area contributed by atoms with Gasteiger partial charge in [-0.2, -0.15) is 9.57 Å². The molecule has 1 aromatic heterocycles. The first-order valence-corrected chi connectivity index (χ1v) is 17.9. The third-order valence-corrected chi connectivity index (χ3v) is 11.1. The molecule has 0 aliphatic carbocycles. The minimum Gasteiger partial charge on any atom is -0.492 e. The number of hydrogen-bond donors (Lipinski definition) is 0. The number of aromatic nitrogens is 1. The average Bonchev–Trinajstić information content (AvgIpc) is 3.36. The summed E-state index contributed by atoms with van der Waals surface area (Å²) in [4.78, 5) is 39.7. The SMILES string of the molecule is CCOc1ccccc1S(=O)(=O)N1C(=O)C(OC(=O)N2CCC(N3CCN(C)CC3)CC2)(c2cccnc2OCC)c2cc(C#N)ccc21. The third-order valence-electron chi connectivity index (χ3n) is 9.33. The van der Waals surface area contributed by atoms with Crippen LogP contribution in [0.2, 0.25) is 0 Å². The van der Waals surface area contributed by atoms with E-state index in [9.17, 15) is 18.5 Å². The van der Waals surface area contributed by atoms with E-state index in [-0.39, 0.29) is 52.1 Å². The molecule has 0 bridgehead atoms. The molecule has 258 valence electrons. The highest BCUT2D eigenvalue weighted by Gasteiger charge is 2.61. The van der Waals surface area contributed by atoms with Gasteiger partial charge in [-0.1, -0.05) is 12.1 Å². The topological polar surface area (TPSA) is 146 Å². The highest BCUT2D eigenvalue weighted by atomic mass is 32.2. The zero-order valence-electron chi connectivity index (χ0n) is 27.9. The Bertz CT molecular complexity index is 1870. The largest absolute Gasteiger partial charge is 0.492 e. The Morgan fingerprint density at radius 1 is 0.959 bits per heavy atom. The Hall–Kier alpha value is -4.71. The summed E-state index contributed by atoms with van der Waals surface area (Å²) in [7, 11) is -2.55. The van der Waals surface area contributed by atoms with Crippen LogP contribution in [0, 0.1) is 11.3 Å². The number of benzene rings is 2. The van der Waals surface area contributed by atoms with Gasteiger partial charge in [0.05, 0.1) is 36.1 Å². The van der Waals surface area contributed by atoms with E-state index < -0.39 is 27.6 Å². The van der Waals surface area contributed by atoms with Gasteiger partial charge in [0.15, 0.2) is 0 Å². The molecule has 6 rings (SSSR count). The van der Waals surface area contributed by atoms with Crippen LogP contribution in [0.1, 0.15) is 43.4 Å². The Balaban J connectivity index is 1.45. The molecular weight excluding hydrogens is 648 g/mol. The number of amides is 2. The number of nitriles is 1. The zero-order valence-corrected chi connectivity index (χ0v) is 28.7. The third kappa shape index (κ3) is 6.18. The molecule has 2 saturated heterocycles. The molecule has 0 saturated carbocycles. The second kappa shape index (κ2) is 14.0. The molecule has 2 amide bonds. The highest BCUT2D eigenvalue weighted by molar-refractivity contribution is 7.93. The Morgan fingerprint density at radius 3 is 2.37 bits per heavy atom. The van der Waals surface area contributed by atoms with E-state index >= 15 is 4.79 Å². The number of hydrogen-bond acceptors (Lipinski definition) is 11. The maximum Gasteiger partial charge on any atom is 0.411 e. The number of likely N-dealkylation sites (N-methyl/N-ethyl adjacent to an activating group) is 1. The number of carbonyl (C=O) groups is 2. The number of ether oxygens (including phenoxy) is 3. The minimum atomic E-state index is -4.66. The summed E-state index contributed by atoms with van der Waals surface area (Å²) in [6.45, 7) is 8.47. The van der Waals surface area contributed by atoms with Gasteiger partial charge in [-0.25, -0.2) is 18.2 Å². The van der Waals surface area contributed by atoms with Gasteiger partial charge < -0.3 is 24.0 Å². The van der Waals surface area contributed by atoms with Gasteiger partial charge in [0.25, 0.3) is 21.5 Å². The Labute approximate surface area is 286 Å². The highest BCUT2D eigenvalue weighted by Crippen LogP contribution is 2.52. The predicted molar refractivity (Wildman–Crippen MR) is 180 cm³/mol. The maximum absolute atomic E-state index is 15.1. The van der Waals surface area contributed by atoms with Gasteiger partial charge in [0.2, 0.25) is 5.88 Å². The molecule has 14 heteroatoms. The Morgan fingerprint density at radius 2 is 1.67 bits per heavy atom. The number of piperidine rings is 1. The fourth-order valence-corrected chi connectivity index (χ4v) is 8.42. The molecule has 2 fully saturated rings. The first kappa shape index (κ1) is 34.2. The van der Waals surface area contributed by atoms with Crippen LogP contribution in [-0.2, 0) is 25.2 Å². The van der Waals surface area contributed by atoms with E-state index in [1.54, 1.807) is 30.9 Å². The summed E-state index contributed by atoms with van der Waals surface area (Å²) in [6.07, 6.45) is 2.12. The maximum atomic E-state index is 15.1. The van der Waals surface area contributed by atoms with Crippen molar-refractivity contribution in [2.75, 3.05) is 63.8 Å². The average molecular weight is 689 g/mol. The van der Waals surface area contributed by atoms with Gasteiger partial charge in [-0.15, -0.1) is 0 Å². The van der Waals surface area contributed by atoms with Crippen LogP contribution in [-0.4, -0.2) is 106 Å². The van der Waals surface area contributed by atoms with Gasteiger partial charge in [0.1, 0.15) is 10.6 Å². The first-order valence-electron chi connectivity index (χ1n) is 16.5. The van der Waals surface area contributed by atoms with E-state index in [2.05, 4.69) is 27.9 Å². The van der Waals surface area contributed by atoms with Gasteiger partial charge in [-0.05, 0) is 76.2 Å². The van der Waals surface area contributed by atoms with Crippen molar-refractivity contribution in [3.05, 3.63) is 77.5 Å². The van der Waals surface area contributed by atoms with Crippen LogP contribution in [0.3, 0.4) is 0 Å². The Kier molecular flexibility index (Phi) is 9.78. The van der Waals surface area contributed by atoms with Gasteiger partial charge in [-0.3, -0.25) is 9.69 Å². The second-order valence-electron chi connectivity index (χ2n) is 12.2. The summed E-state index contributed by atoms with van der Waals surface area (Å²) in [5.41, 5.74) is -2.25. The smallest absolute Gasteiger partial charge is 0.411 e. The van der Waals surface area contributed by atoms with Crippen LogP contribution >= 0.6 is 0 Å². The van der Waals surface area contributed by atoms with Crippen LogP contribution in [0.25, 0.3) is 0 Å². The summed E-state index contributed by atoms with van der Waals surface area (Å²) in [5, 5.41) is 9.90. The number of carbonyl (C=O) groups excluding carboxylic acids is 2. The second-order valence-corrected chi connectivity index (χ2v) is 13.9. The molecule has 3 aliphatic heterocycles. The predicted octanol–water partition coefficient (Wildman–Crippen LogP) is 3.58. The van der Waals surface area contributed by atoms with E-state index in [4.69, 9.17) is 14.2 Å². The number of nitrogens with zero attached hydrogens (tertiary/aromatic N) is 6. The van der Waals surface area contributed by atoms with Crippen molar-refractivity contribution in [3.63, 3.8) is 0 Å². The molecule has 0 radical (unpaired) electrons. The zero-order chi connectivity index (χ0) is 34.8. The summed E-state index contributed by atoms with van der Waals surface area (Å²) in [5.74, 6) is -1.03. The monoisotopic (exact) mass is 688 g/mol. The van der Waals surface area contributed by atoms with E-state index in [0.29, 0.717) is 23.4 Å². The summed E-state index contributed by atoms with van der Waals surface area (Å²) >= 11 is 0. The van der Waals surface area contributed by atoms with Gasteiger partial charge >= 0.3 is 6.09 Å². The van der Waals surface area contributed by atoms with Crippen LogP contribution < -0.4 is 13.8 Å². The standard InChI is InChI=1S/C35H40N6O7S/c1-4-46-30-10-6-7-11-31(30)49(44,45)41-29-13-12-25(24-36)23-28(29)35(33(41)42,27-9-8-16-37-32(27)47-5-2)48-34(43)40-17-14-26(15-18-40)39-21-19-38(3)20-22-39/h6-13,16,23,26H,4-5,14-15,17-22H2,1-3H3. The number of para-hydroxylation sites is 1. The molecule has 4 heterocycles. The fourth-order valence-electron chi connectivity index (χ4n) is 6.83. The van der Waals surface area contributed by atoms with Crippen LogP contribution in [0.5, 0.6) is 11.6 Å². The molecule has 3 aromatic rings. The normalized spacial score (nSPS) is 20.5. The molecule has 3 aliphatic rings. The fraction of sp³-hybridized carbons (Fsp3) is 0.429. The van der Waals surface area contributed by atoms with Crippen LogP contribution in [0.4, 0.5) is 10.5 Å². The summed E-state index contributed by atoms with van der Waals surface area (Å²) < 4.78 is 47.5. The quantitative estimate of drug-likeness (QED) is 0.325. The number of anilines is 1. The van der Waals surface area contributed by atoms with Gasteiger partial charge in [0, 0.05) is 57.1 Å². The lowest BCUT2D eigenvalue weighted by molar-refractivity contribution is -0.132. The van der Waals surface area contributed by atoms with Crippen molar-refractivity contribution in [2.24, 2.45) is 0 Å². The van der Waals surface area contributed by atoms with E-state index in [1.165, 1.54) is 48.7 Å². The van der Waals surface area contributed by atoms with Crippen molar-refractivity contribution < 1.29 is 32.2 Å². The number of rotatable bonds is 9. The van der Waals surface area contributed by atoms with Crippen LogP contribution in [0.15, 0.2) is 65.7 Å². The number of fused-ring (bicyclic) bond motifs is 1. The summed E-state index contributed by atoms with van der Waals surface area (Å²) in [6, 6.07) is 15.6. The van der Waals surface area contributed by atoms with E-state index in [0.717, 1.165) is 39.0 Å².